The van der Waals surface area contributed by atoms with Gasteiger partial charge in [0.05, 0.1) is 11.9 Å². The van der Waals surface area contributed by atoms with E-state index in [1.165, 1.54) is 54.6 Å². The van der Waals surface area contributed by atoms with E-state index in [2.05, 4.69) is 81.8 Å². The van der Waals surface area contributed by atoms with Crippen LogP contribution in [0.4, 0.5) is 5.82 Å². The van der Waals surface area contributed by atoms with Gasteiger partial charge in [-0.2, -0.15) is 5.10 Å². The molecule has 2 aliphatic heterocycles. The third-order valence-electron chi connectivity index (χ3n) is 7.77. The van der Waals surface area contributed by atoms with Gasteiger partial charge in [-0.05, 0) is 62.9 Å². The van der Waals surface area contributed by atoms with Crippen LogP contribution in [0.25, 0.3) is 21.9 Å². The van der Waals surface area contributed by atoms with Crippen molar-refractivity contribution >= 4 is 16.6 Å². The van der Waals surface area contributed by atoms with E-state index in [1.54, 1.807) is 0 Å². The topological polar surface area (TPSA) is 52.5 Å². The molecule has 0 aliphatic carbocycles. The van der Waals surface area contributed by atoms with Gasteiger partial charge in [0.2, 0.25) is 0 Å². The molecular formula is C29H41N7. The number of aryl methyl sites for hydroxylation is 1. The summed E-state index contributed by atoms with van der Waals surface area (Å²) in [5.41, 5.74) is 4.71. The predicted molar refractivity (Wildman–Crippen MR) is 149 cm³/mol. The number of likely N-dealkylation sites (tertiary alicyclic amines) is 1. The minimum absolute atomic E-state index is 0.618. The van der Waals surface area contributed by atoms with Crippen LogP contribution in [-0.2, 0) is 13.6 Å². The van der Waals surface area contributed by atoms with Gasteiger partial charge in [-0.3, -0.25) is 19.4 Å². The molecule has 0 amide bonds. The first-order valence-electron chi connectivity index (χ1n) is 13.5. The molecule has 5 rings (SSSR count). The largest absolute Gasteiger partial charge is 0.343 e. The van der Waals surface area contributed by atoms with Crippen molar-refractivity contribution in [2.24, 2.45) is 7.05 Å². The Kier molecular flexibility index (Phi) is 7.70. The SMILES string of the molecule is C=C(CN1CCN(C(C)C)CC1)Nc1cc2cc(-c3cnn(C)c3CN3CCCCC3)ccc2cn1. The summed E-state index contributed by atoms with van der Waals surface area (Å²) < 4.78 is 2.04. The lowest BCUT2D eigenvalue weighted by Crippen LogP contribution is -2.49. The average Bonchev–Trinajstić information content (AvgIpc) is 3.24. The number of aromatic nitrogens is 3. The average molecular weight is 488 g/mol. The lowest BCUT2D eigenvalue weighted by Gasteiger charge is -2.37. The molecule has 0 radical (unpaired) electrons. The Hall–Kier alpha value is -2.74. The molecule has 0 spiro atoms. The van der Waals surface area contributed by atoms with Crippen LogP contribution in [0, 0.1) is 0 Å². The molecule has 4 heterocycles. The molecule has 0 unspecified atom stereocenters. The van der Waals surface area contributed by atoms with E-state index >= 15 is 0 Å². The van der Waals surface area contributed by atoms with Crippen molar-refractivity contribution in [1.29, 1.82) is 0 Å². The van der Waals surface area contributed by atoms with E-state index in [1.807, 2.05) is 17.1 Å². The molecule has 0 bridgehead atoms. The highest BCUT2D eigenvalue weighted by atomic mass is 15.3. The van der Waals surface area contributed by atoms with Gasteiger partial charge in [0.25, 0.3) is 0 Å². The summed E-state index contributed by atoms with van der Waals surface area (Å²) in [4.78, 5) is 12.2. The Morgan fingerprint density at radius 2 is 1.72 bits per heavy atom. The highest BCUT2D eigenvalue weighted by Gasteiger charge is 2.20. The predicted octanol–water partition coefficient (Wildman–Crippen LogP) is 4.57. The molecule has 2 aromatic heterocycles. The quantitative estimate of drug-likeness (QED) is 0.502. The fraction of sp³-hybridized carbons (Fsp3) is 0.517. The van der Waals surface area contributed by atoms with Gasteiger partial charge >= 0.3 is 0 Å². The second-order valence-electron chi connectivity index (χ2n) is 10.7. The van der Waals surface area contributed by atoms with Crippen molar-refractivity contribution < 1.29 is 0 Å². The Labute approximate surface area is 215 Å². The molecule has 2 aliphatic rings. The number of nitrogens with zero attached hydrogens (tertiary/aromatic N) is 6. The van der Waals surface area contributed by atoms with E-state index in [0.717, 1.165) is 56.2 Å². The van der Waals surface area contributed by atoms with Crippen LogP contribution in [0.3, 0.4) is 0 Å². The number of hydrogen-bond donors (Lipinski definition) is 1. The molecule has 0 atom stereocenters. The summed E-state index contributed by atoms with van der Waals surface area (Å²) in [6, 6.07) is 9.40. The van der Waals surface area contributed by atoms with Gasteiger partial charge in [-0.1, -0.05) is 25.1 Å². The highest BCUT2D eigenvalue weighted by Crippen LogP contribution is 2.29. The van der Waals surface area contributed by atoms with E-state index in [9.17, 15) is 0 Å². The van der Waals surface area contributed by atoms with Crippen molar-refractivity contribution in [3.63, 3.8) is 0 Å². The molecule has 0 saturated carbocycles. The number of fused-ring (bicyclic) bond motifs is 1. The maximum Gasteiger partial charge on any atom is 0.130 e. The maximum absolute atomic E-state index is 4.65. The summed E-state index contributed by atoms with van der Waals surface area (Å²) in [5.74, 6) is 0.852. The molecule has 7 heteroatoms. The second-order valence-corrected chi connectivity index (χ2v) is 10.7. The Morgan fingerprint density at radius 3 is 2.47 bits per heavy atom. The molecule has 3 aromatic rings. The van der Waals surface area contributed by atoms with Crippen LogP contribution in [0.15, 0.2) is 48.9 Å². The molecular weight excluding hydrogens is 446 g/mol. The zero-order chi connectivity index (χ0) is 25.1. The minimum atomic E-state index is 0.618. The first kappa shape index (κ1) is 24.9. The van der Waals surface area contributed by atoms with Gasteiger partial charge in [-0.15, -0.1) is 0 Å². The summed E-state index contributed by atoms with van der Waals surface area (Å²) in [6.45, 7) is 17.4. The number of rotatable bonds is 8. The van der Waals surface area contributed by atoms with Gasteiger partial charge in [0.1, 0.15) is 5.82 Å². The smallest absolute Gasteiger partial charge is 0.130 e. The van der Waals surface area contributed by atoms with Crippen LogP contribution in [0.1, 0.15) is 38.8 Å². The van der Waals surface area contributed by atoms with Crippen LogP contribution < -0.4 is 5.32 Å². The number of nitrogens with one attached hydrogen (secondary N) is 1. The van der Waals surface area contributed by atoms with Gasteiger partial charge in [0, 0.05) is 75.2 Å². The monoisotopic (exact) mass is 487 g/mol. The first-order chi connectivity index (χ1) is 17.5. The maximum atomic E-state index is 4.65. The van der Waals surface area contributed by atoms with Gasteiger partial charge in [-0.25, -0.2) is 4.98 Å². The summed E-state index contributed by atoms with van der Waals surface area (Å²) in [6.07, 6.45) is 7.91. The van der Waals surface area contributed by atoms with Crippen molar-refractivity contribution in [3.05, 3.63) is 54.6 Å². The van der Waals surface area contributed by atoms with Crippen LogP contribution in [-0.4, -0.2) is 81.3 Å². The van der Waals surface area contributed by atoms with Crippen molar-refractivity contribution in [3.8, 4) is 11.1 Å². The van der Waals surface area contributed by atoms with Crippen molar-refractivity contribution in [2.75, 3.05) is 51.1 Å². The second kappa shape index (κ2) is 11.1. The zero-order valence-corrected chi connectivity index (χ0v) is 22.2. The number of piperidine rings is 1. The number of hydrogen-bond acceptors (Lipinski definition) is 6. The van der Waals surface area contributed by atoms with Crippen molar-refractivity contribution in [1.82, 2.24) is 29.5 Å². The highest BCUT2D eigenvalue weighted by molar-refractivity contribution is 5.88. The number of piperazine rings is 1. The minimum Gasteiger partial charge on any atom is -0.343 e. The van der Waals surface area contributed by atoms with E-state index in [0.29, 0.717) is 6.04 Å². The molecule has 1 aromatic carbocycles. The summed E-state index contributed by atoms with van der Waals surface area (Å²) in [5, 5.41) is 10.4. The van der Waals surface area contributed by atoms with Crippen LogP contribution in [0.2, 0.25) is 0 Å². The Bertz CT molecular complexity index is 1180. The zero-order valence-electron chi connectivity index (χ0n) is 22.2. The lowest BCUT2D eigenvalue weighted by molar-refractivity contribution is 0.115. The van der Waals surface area contributed by atoms with Gasteiger partial charge in [0.15, 0.2) is 0 Å². The molecule has 36 heavy (non-hydrogen) atoms. The number of anilines is 1. The van der Waals surface area contributed by atoms with E-state index in [4.69, 9.17) is 0 Å². The lowest BCUT2D eigenvalue weighted by atomic mass is 10.0. The van der Waals surface area contributed by atoms with Crippen LogP contribution >= 0.6 is 0 Å². The molecule has 1 N–H and O–H groups in total. The molecule has 2 fully saturated rings. The standard InChI is InChI=1S/C29H41N7/c1-22(2)36-14-12-35(13-15-36)20-23(3)32-29-17-26-16-24(8-9-25(26)18-30-29)27-19-31-33(4)28(27)21-34-10-6-5-7-11-34/h8-9,16-19,22H,3,5-7,10-15,20-21H2,1-2,4H3,(H,30,32). The Morgan fingerprint density at radius 1 is 0.944 bits per heavy atom. The Balaban J connectivity index is 1.28. The first-order valence-corrected chi connectivity index (χ1v) is 13.5. The van der Waals surface area contributed by atoms with Gasteiger partial charge < -0.3 is 5.32 Å². The molecule has 7 nitrogen and oxygen atoms in total. The van der Waals surface area contributed by atoms with Crippen LogP contribution in [0.5, 0.6) is 0 Å². The third kappa shape index (κ3) is 5.80. The summed E-state index contributed by atoms with van der Waals surface area (Å²) >= 11 is 0. The fourth-order valence-electron chi connectivity index (χ4n) is 5.53. The molecule has 2 saturated heterocycles. The fourth-order valence-corrected chi connectivity index (χ4v) is 5.53. The van der Waals surface area contributed by atoms with Crippen molar-refractivity contribution in [2.45, 2.75) is 45.7 Å². The molecule has 192 valence electrons. The normalized spacial score (nSPS) is 18.2. The van der Waals surface area contributed by atoms with E-state index < -0.39 is 0 Å². The summed E-state index contributed by atoms with van der Waals surface area (Å²) in [7, 11) is 2.06. The number of benzene rings is 1. The third-order valence-corrected chi connectivity index (χ3v) is 7.77. The number of pyridine rings is 1. The van der Waals surface area contributed by atoms with E-state index in [-0.39, 0.29) is 0 Å².